The molecule has 10 nitrogen and oxygen atoms in total. The third-order valence-corrected chi connectivity index (χ3v) is 7.53. The molecule has 0 bridgehead atoms. The van der Waals surface area contributed by atoms with Crippen LogP contribution in [0.1, 0.15) is 51.3 Å². The summed E-state index contributed by atoms with van der Waals surface area (Å²) in [6.45, 7) is 8.49. The highest BCUT2D eigenvalue weighted by Crippen LogP contribution is 2.38. The van der Waals surface area contributed by atoms with Gasteiger partial charge in [0.2, 0.25) is 0 Å². The standard InChI is InChI=1S/C33H32F5N5O5/c1-31(2,3)47-30(46)48-42-15-14-39-27(42)19-7-10-22(11-8-19)40-26-16-21(34)9-6-20(26)18-41-29(45)43(28(44)32(41,4)5)23-12-13-25(35)24(17-23)33(36,37)38/h6-13,16-17,40H,14-15,18H2,1-5H3. The third kappa shape index (κ3) is 7.04. The van der Waals surface area contributed by atoms with E-state index in [1.807, 2.05) is 0 Å². The van der Waals surface area contributed by atoms with Gasteiger partial charge >= 0.3 is 18.4 Å². The summed E-state index contributed by atoms with van der Waals surface area (Å²) in [5.74, 6) is -2.55. The second kappa shape index (κ2) is 12.4. The van der Waals surface area contributed by atoms with Gasteiger partial charge in [-0.15, -0.1) is 0 Å². The van der Waals surface area contributed by atoms with Gasteiger partial charge in [-0.2, -0.15) is 18.2 Å². The molecule has 0 aliphatic carbocycles. The number of hydrogen-bond donors (Lipinski definition) is 1. The SMILES string of the molecule is CC(C)(C)OC(=O)ON1CCN=C1c1ccc(Nc2cc(F)ccc2CN2C(=O)N(c3ccc(F)c(C(F)(F)F)c3)C(=O)C2(C)C)cc1. The number of carbonyl (C=O) groups excluding carboxylic acids is 3. The summed E-state index contributed by atoms with van der Waals surface area (Å²) in [4.78, 5) is 50.5. The highest BCUT2D eigenvalue weighted by Gasteiger charge is 2.52. The van der Waals surface area contributed by atoms with Crippen molar-refractivity contribution in [3.05, 3.63) is 89.0 Å². The number of ether oxygens (including phenoxy) is 1. The molecule has 0 unspecified atom stereocenters. The predicted octanol–water partition coefficient (Wildman–Crippen LogP) is 7.40. The van der Waals surface area contributed by atoms with Crippen molar-refractivity contribution >= 4 is 41.0 Å². The van der Waals surface area contributed by atoms with E-state index < -0.39 is 58.3 Å². The smallest absolute Gasteiger partial charge is 0.427 e. The number of benzene rings is 3. The minimum atomic E-state index is -5.05. The minimum absolute atomic E-state index is 0.226. The van der Waals surface area contributed by atoms with E-state index in [0.717, 1.165) is 11.0 Å². The molecular formula is C33H32F5N5O5. The Hall–Kier alpha value is -5.21. The summed E-state index contributed by atoms with van der Waals surface area (Å²) in [6.07, 6.45) is -5.92. The number of nitrogens with one attached hydrogen (secondary N) is 1. The predicted molar refractivity (Wildman–Crippen MR) is 165 cm³/mol. The van der Waals surface area contributed by atoms with E-state index in [1.165, 1.54) is 37.1 Å². The number of amidine groups is 1. The van der Waals surface area contributed by atoms with Crippen molar-refractivity contribution in [1.29, 1.82) is 0 Å². The zero-order valence-electron chi connectivity index (χ0n) is 26.6. The number of nitrogens with zero attached hydrogens (tertiary/aromatic N) is 4. The fraction of sp³-hybridized carbons (Fsp3) is 0.333. The monoisotopic (exact) mass is 673 g/mol. The van der Waals surface area contributed by atoms with Crippen LogP contribution < -0.4 is 10.2 Å². The lowest BCUT2D eigenvalue weighted by molar-refractivity contribution is -0.140. The zero-order chi connectivity index (χ0) is 35.2. The molecule has 1 N–H and O–H groups in total. The molecule has 15 heteroatoms. The number of alkyl halides is 3. The molecule has 5 rings (SSSR count). The van der Waals surface area contributed by atoms with Crippen LogP contribution in [0, 0.1) is 11.6 Å². The largest absolute Gasteiger partial charge is 0.534 e. The van der Waals surface area contributed by atoms with Crippen LogP contribution in [0.15, 0.2) is 65.7 Å². The highest BCUT2D eigenvalue weighted by molar-refractivity contribution is 6.23. The summed E-state index contributed by atoms with van der Waals surface area (Å²) in [5, 5.41) is 4.43. The molecule has 0 radical (unpaired) electrons. The molecule has 0 saturated carbocycles. The van der Waals surface area contributed by atoms with Crippen LogP contribution >= 0.6 is 0 Å². The molecule has 254 valence electrons. The first-order valence-electron chi connectivity index (χ1n) is 14.8. The summed E-state index contributed by atoms with van der Waals surface area (Å²) >= 11 is 0. The lowest BCUT2D eigenvalue weighted by Crippen LogP contribution is -2.43. The van der Waals surface area contributed by atoms with Gasteiger partial charge in [-0.1, -0.05) is 6.07 Å². The number of imide groups is 1. The Kier molecular flexibility index (Phi) is 8.84. The Morgan fingerprint density at radius 3 is 2.31 bits per heavy atom. The summed E-state index contributed by atoms with van der Waals surface area (Å²) in [6, 6.07) is 11.5. The van der Waals surface area contributed by atoms with E-state index in [9.17, 15) is 36.3 Å². The third-order valence-electron chi connectivity index (χ3n) is 7.53. The molecule has 1 fully saturated rings. The fourth-order valence-electron chi connectivity index (χ4n) is 5.14. The van der Waals surface area contributed by atoms with E-state index in [2.05, 4.69) is 10.3 Å². The molecule has 1 saturated heterocycles. The van der Waals surface area contributed by atoms with Gasteiger partial charge in [0.1, 0.15) is 22.8 Å². The quantitative estimate of drug-likeness (QED) is 0.158. The van der Waals surface area contributed by atoms with Crippen molar-refractivity contribution in [3.8, 4) is 0 Å². The number of hydrogen-bond acceptors (Lipinski definition) is 8. The van der Waals surface area contributed by atoms with Gasteiger partial charge in [0.25, 0.3) is 5.91 Å². The highest BCUT2D eigenvalue weighted by atomic mass is 19.4. The van der Waals surface area contributed by atoms with Gasteiger partial charge in [-0.3, -0.25) is 9.79 Å². The van der Waals surface area contributed by atoms with E-state index in [4.69, 9.17) is 9.57 Å². The number of amides is 3. The molecule has 0 atom stereocenters. The molecule has 48 heavy (non-hydrogen) atoms. The summed E-state index contributed by atoms with van der Waals surface area (Å²) < 4.78 is 73.8. The summed E-state index contributed by atoms with van der Waals surface area (Å²) in [7, 11) is 0. The van der Waals surface area contributed by atoms with Crippen LogP contribution in [-0.2, 0) is 27.1 Å². The number of halogens is 5. The molecule has 0 aromatic heterocycles. The van der Waals surface area contributed by atoms with Gasteiger partial charge in [-0.05, 0) is 94.8 Å². The Morgan fingerprint density at radius 1 is 0.979 bits per heavy atom. The molecule has 2 aliphatic rings. The number of urea groups is 1. The maximum Gasteiger partial charge on any atom is 0.534 e. The topological polar surface area (TPSA) is 104 Å². The number of hydroxylamine groups is 2. The number of aliphatic imine (C=N–C) groups is 1. The first-order chi connectivity index (χ1) is 22.3. The van der Waals surface area contributed by atoms with Crippen molar-refractivity contribution in [3.63, 3.8) is 0 Å². The van der Waals surface area contributed by atoms with Crippen molar-refractivity contribution in [2.75, 3.05) is 23.3 Å². The van der Waals surface area contributed by atoms with Gasteiger partial charge in [0, 0.05) is 16.9 Å². The Balaban J connectivity index is 1.35. The maximum atomic E-state index is 14.4. The average Bonchev–Trinajstić information content (AvgIpc) is 3.49. The summed E-state index contributed by atoms with van der Waals surface area (Å²) in [5.41, 5.74) is -2.53. The fourth-order valence-corrected chi connectivity index (χ4v) is 5.14. The van der Waals surface area contributed by atoms with Gasteiger partial charge in [-0.25, -0.2) is 23.3 Å². The zero-order valence-corrected chi connectivity index (χ0v) is 26.6. The van der Waals surface area contributed by atoms with Crippen molar-refractivity contribution in [1.82, 2.24) is 9.96 Å². The number of anilines is 3. The molecule has 0 spiro atoms. The molecule has 3 aromatic carbocycles. The van der Waals surface area contributed by atoms with Crippen molar-refractivity contribution in [2.45, 2.75) is 58.5 Å². The van der Waals surface area contributed by atoms with Crippen LogP contribution in [0.5, 0.6) is 0 Å². The minimum Gasteiger partial charge on any atom is -0.427 e. The normalized spacial score (nSPS) is 16.4. The number of carbonyl (C=O) groups is 3. The molecular weight excluding hydrogens is 641 g/mol. The van der Waals surface area contributed by atoms with E-state index >= 15 is 0 Å². The van der Waals surface area contributed by atoms with Gasteiger partial charge in [0.05, 0.1) is 30.9 Å². The van der Waals surface area contributed by atoms with E-state index in [0.29, 0.717) is 52.8 Å². The van der Waals surface area contributed by atoms with Gasteiger partial charge < -0.3 is 19.8 Å². The van der Waals surface area contributed by atoms with Crippen molar-refractivity contribution in [2.24, 2.45) is 4.99 Å². The Bertz CT molecular complexity index is 1790. The van der Waals surface area contributed by atoms with Crippen LogP contribution in [0.2, 0.25) is 0 Å². The Morgan fingerprint density at radius 2 is 1.67 bits per heavy atom. The van der Waals surface area contributed by atoms with Crippen LogP contribution in [0.4, 0.5) is 48.6 Å². The van der Waals surface area contributed by atoms with Crippen LogP contribution in [0.3, 0.4) is 0 Å². The molecule has 3 amide bonds. The van der Waals surface area contributed by atoms with Crippen LogP contribution in [-0.4, -0.2) is 58.1 Å². The maximum absolute atomic E-state index is 14.4. The van der Waals surface area contributed by atoms with Crippen LogP contribution in [0.25, 0.3) is 0 Å². The second-order valence-electron chi connectivity index (χ2n) is 12.6. The lowest BCUT2D eigenvalue weighted by Gasteiger charge is -2.28. The lowest BCUT2D eigenvalue weighted by atomic mass is 10.0. The van der Waals surface area contributed by atoms with Crippen molar-refractivity contribution < 1.29 is 45.9 Å². The molecule has 3 aromatic rings. The average molecular weight is 674 g/mol. The first-order valence-corrected chi connectivity index (χ1v) is 14.8. The number of rotatable bonds is 7. The molecule has 2 heterocycles. The van der Waals surface area contributed by atoms with E-state index in [1.54, 1.807) is 45.0 Å². The Labute approximate surface area is 272 Å². The second-order valence-corrected chi connectivity index (χ2v) is 12.6. The first kappa shape index (κ1) is 34.1. The molecule has 2 aliphatic heterocycles. The van der Waals surface area contributed by atoms with E-state index in [-0.39, 0.29) is 12.2 Å². The van der Waals surface area contributed by atoms with Gasteiger partial charge in [0.15, 0.2) is 5.84 Å².